The number of carbonyl (C=O) groups excluding carboxylic acids is 1. The number of aromatic nitrogens is 6. The lowest BCUT2D eigenvalue weighted by molar-refractivity contribution is -0.111. The van der Waals surface area contributed by atoms with Crippen LogP contribution in [0, 0.1) is 0 Å². The molecule has 2 N–H and O–H groups in total. The van der Waals surface area contributed by atoms with Crippen LogP contribution in [0.25, 0.3) is 27.7 Å². The minimum Gasteiger partial charge on any atom is -0.495 e. The zero-order valence-corrected chi connectivity index (χ0v) is 28.0. The molecule has 0 spiro atoms. The molecule has 1 amide bonds. The van der Waals surface area contributed by atoms with Gasteiger partial charge in [-0.2, -0.15) is 18.6 Å². The SMILES string of the molecule is C=CC(=O)Nc1cn(C2CCN(CC)CC2)nc1Nc1cc2c(cn1)cc(-c1c(Cl)c(OC)cc(OS(C)(=O)=O)c1Cl)c1ncnn12. The third-order valence-corrected chi connectivity index (χ3v) is 9.13. The molecule has 1 fully saturated rings. The number of piperidine rings is 1. The van der Waals surface area contributed by atoms with E-state index in [1.807, 2.05) is 10.9 Å². The first-order valence-electron chi connectivity index (χ1n) is 14.6. The Morgan fingerprint density at radius 2 is 1.89 bits per heavy atom. The first kappa shape index (κ1) is 32.5. The van der Waals surface area contributed by atoms with Gasteiger partial charge in [0.1, 0.15) is 23.6 Å². The largest absolute Gasteiger partial charge is 0.495 e. The van der Waals surface area contributed by atoms with Gasteiger partial charge in [-0.05, 0) is 31.5 Å². The second-order valence-electron chi connectivity index (χ2n) is 10.9. The molecule has 6 rings (SSSR count). The summed E-state index contributed by atoms with van der Waals surface area (Å²) in [4.78, 5) is 23.7. The topological polar surface area (TPSA) is 158 Å². The van der Waals surface area contributed by atoms with E-state index in [0.29, 0.717) is 39.4 Å². The van der Waals surface area contributed by atoms with E-state index < -0.39 is 10.1 Å². The van der Waals surface area contributed by atoms with E-state index in [-0.39, 0.29) is 39.1 Å². The molecule has 0 bridgehead atoms. The monoisotopic (exact) mass is 699 g/mol. The van der Waals surface area contributed by atoms with Crippen LogP contribution >= 0.6 is 23.2 Å². The van der Waals surface area contributed by atoms with Crippen molar-refractivity contribution in [2.75, 3.05) is 43.6 Å². The number of hydrogen-bond acceptors (Lipinski definition) is 11. The molecule has 4 aromatic heterocycles. The fourth-order valence-electron chi connectivity index (χ4n) is 5.59. The van der Waals surface area contributed by atoms with Gasteiger partial charge in [0.25, 0.3) is 0 Å². The Morgan fingerprint density at radius 1 is 1.15 bits per heavy atom. The quantitative estimate of drug-likeness (QED) is 0.144. The Balaban J connectivity index is 1.41. The first-order valence-corrected chi connectivity index (χ1v) is 17.2. The highest BCUT2D eigenvalue weighted by molar-refractivity contribution is 7.86. The van der Waals surface area contributed by atoms with Crippen LogP contribution in [0.1, 0.15) is 25.8 Å². The minimum atomic E-state index is -3.92. The van der Waals surface area contributed by atoms with E-state index in [0.717, 1.165) is 38.7 Å². The maximum absolute atomic E-state index is 12.3. The molecule has 47 heavy (non-hydrogen) atoms. The molecule has 0 saturated carbocycles. The predicted molar refractivity (Wildman–Crippen MR) is 180 cm³/mol. The molecule has 0 aliphatic carbocycles. The maximum Gasteiger partial charge on any atom is 0.306 e. The molecule has 0 atom stereocenters. The Hall–Kier alpha value is -4.44. The molecule has 17 heteroatoms. The van der Waals surface area contributed by atoms with Gasteiger partial charge in [0.2, 0.25) is 5.91 Å². The number of fused-ring (bicyclic) bond motifs is 3. The number of anilines is 3. The van der Waals surface area contributed by atoms with Crippen molar-refractivity contribution in [3.8, 4) is 22.6 Å². The number of nitrogens with zero attached hydrogens (tertiary/aromatic N) is 7. The molecule has 5 heterocycles. The molecule has 1 aromatic carbocycles. The summed E-state index contributed by atoms with van der Waals surface area (Å²) in [6.45, 7) is 8.66. The molecule has 5 aromatic rings. The molecule has 14 nitrogen and oxygen atoms in total. The number of ether oxygens (including phenoxy) is 1. The Kier molecular flexibility index (Phi) is 8.98. The first-order chi connectivity index (χ1) is 22.5. The fraction of sp³-hybridized carbons (Fsp3) is 0.300. The Morgan fingerprint density at radius 3 is 2.57 bits per heavy atom. The average molecular weight is 701 g/mol. The summed E-state index contributed by atoms with van der Waals surface area (Å²) in [5, 5.41) is 16.0. The smallest absolute Gasteiger partial charge is 0.306 e. The van der Waals surface area contributed by atoms with Crippen LogP contribution in [0.15, 0.2) is 49.6 Å². The van der Waals surface area contributed by atoms with Gasteiger partial charge in [0, 0.05) is 47.9 Å². The second-order valence-corrected chi connectivity index (χ2v) is 13.2. The van der Waals surface area contributed by atoms with Crippen LogP contribution in [-0.4, -0.2) is 81.6 Å². The van der Waals surface area contributed by atoms with Gasteiger partial charge in [-0.15, -0.1) is 0 Å². The number of rotatable bonds is 10. The summed E-state index contributed by atoms with van der Waals surface area (Å²) in [5.41, 5.74) is 2.17. The highest BCUT2D eigenvalue weighted by atomic mass is 35.5. The third kappa shape index (κ3) is 6.56. The molecule has 0 unspecified atom stereocenters. The highest BCUT2D eigenvalue weighted by Gasteiger charge is 2.26. The summed E-state index contributed by atoms with van der Waals surface area (Å²) in [6.07, 6.45) is 8.80. The molecular formula is C30H31Cl2N9O5S. The summed E-state index contributed by atoms with van der Waals surface area (Å²) < 4.78 is 37.9. The van der Waals surface area contributed by atoms with Gasteiger partial charge in [-0.1, -0.05) is 36.7 Å². The van der Waals surface area contributed by atoms with E-state index in [2.05, 4.69) is 44.1 Å². The van der Waals surface area contributed by atoms with Crippen molar-refractivity contribution in [2.24, 2.45) is 0 Å². The van der Waals surface area contributed by atoms with Crippen molar-refractivity contribution in [3.63, 3.8) is 0 Å². The fourth-order valence-corrected chi connectivity index (χ4v) is 6.76. The Bertz CT molecular complexity index is 2130. The number of nitrogens with one attached hydrogen (secondary N) is 2. The number of hydrogen-bond donors (Lipinski definition) is 2. The second kappa shape index (κ2) is 13.0. The van der Waals surface area contributed by atoms with Crippen LogP contribution in [0.4, 0.5) is 17.3 Å². The number of halogens is 2. The average Bonchev–Trinajstić information content (AvgIpc) is 3.70. The van der Waals surface area contributed by atoms with E-state index in [1.165, 1.54) is 25.6 Å². The standard InChI is InChI=1S/C30H31Cl2N9O5S/c1-5-25(42)36-20-15-40(18-7-9-39(6-2)10-8-18)38-29(20)37-24-12-21-17(14-33-24)11-19(30-34-16-35-41(21)30)26-27(31)22(45-3)13-23(28(26)32)46-47(4,43)44/h5,11-16,18H,1,6-10H2,2-4H3,(H,36,42)(H,33,37,38). The molecule has 0 radical (unpaired) electrons. The summed E-state index contributed by atoms with van der Waals surface area (Å²) in [7, 11) is -2.53. The van der Waals surface area contributed by atoms with Crippen molar-refractivity contribution < 1.29 is 22.1 Å². The van der Waals surface area contributed by atoms with Crippen LogP contribution in [0.5, 0.6) is 11.5 Å². The maximum atomic E-state index is 12.3. The lowest BCUT2D eigenvalue weighted by Gasteiger charge is -2.31. The van der Waals surface area contributed by atoms with Crippen LogP contribution in [0.2, 0.25) is 10.0 Å². The van der Waals surface area contributed by atoms with E-state index in [9.17, 15) is 13.2 Å². The van der Waals surface area contributed by atoms with Gasteiger partial charge in [0.05, 0.1) is 41.2 Å². The zero-order valence-electron chi connectivity index (χ0n) is 25.7. The van der Waals surface area contributed by atoms with E-state index in [4.69, 9.17) is 37.2 Å². The number of pyridine rings is 2. The molecular weight excluding hydrogens is 669 g/mol. The van der Waals surface area contributed by atoms with Crippen molar-refractivity contribution in [1.29, 1.82) is 0 Å². The van der Waals surface area contributed by atoms with E-state index >= 15 is 0 Å². The number of likely N-dealkylation sites (tertiary alicyclic amines) is 1. The lowest BCUT2D eigenvalue weighted by Crippen LogP contribution is -2.34. The normalized spacial score (nSPS) is 14.4. The van der Waals surface area contributed by atoms with Gasteiger partial charge < -0.3 is 24.5 Å². The molecule has 1 saturated heterocycles. The molecule has 1 aliphatic heterocycles. The van der Waals surface area contributed by atoms with Crippen LogP contribution < -0.4 is 19.6 Å². The van der Waals surface area contributed by atoms with Gasteiger partial charge in [-0.3, -0.25) is 9.48 Å². The lowest BCUT2D eigenvalue weighted by atomic mass is 10.0. The molecule has 246 valence electrons. The summed E-state index contributed by atoms with van der Waals surface area (Å²) in [6, 6.07) is 5.02. The minimum absolute atomic E-state index is 0.0539. The van der Waals surface area contributed by atoms with Crippen molar-refractivity contribution in [1.82, 2.24) is 34.3 Å². The van der Waals surface area contributed by atoms with Gasteiger partial charge in [-0.25, -0.2) is 14.5 Å². The summed E-state index contributed by atoms with van der Waals surface area (Å²) >= 11 is 13.4. The van der Waals surface area contributed by atoms with Crippen LogP contribution in [-0.2, 0) is 14.9 Å². The Labute approximate surface area is 280 Å². The van der Waals surface area contributed by atoms with Crippen molar-refractivity contribution in [2.45, 2.75) is 25.8 Å². The summed E-state index contributed by atoms with van der Waals surface area (Å²) in [5.74, 6) is 0.482. The number of carbonyl (C=O) groups is 1. The zero-order chi connectivity index (χ0) is 33.5. The van der Waals surface area contributed by atoms with E-state index in [1.54, 1.807) is 22.8 Å². The molecule has 1 aliphatic rings. The highest BCUT2D eigenvalue weighted by Crippen LogP contribution is 2.48. The van der Waals surface area contributed by atoms with Crippen LogP contribution in [0.3, 0.4) is 0 Å². The van der Waals surface area contributed by atoms with Gasteiger partial charge >= 0.3 is 10.1 Å². The number of benzene rings is 1. The van der Waals surface area contributed by atoms with Crippen molar-refractivity contribution >= 4 is 73.1 Å². The van der Waals surface area contributed by atoms with Gasteiger partial charge in [0.15, 0.2) is 17.2 Å². The predicted octanol–water partition coefficient (Wildman–Crippen LogP) is 5.32. The number of amides is 1. The van der Waals surface area contributed by atoms with Crippen molar-refractivity contribution in [3.05, 3.63) is 59.6 Å². The third-order valence-electron chi connectivity index (χ3n) is 7.89. The number of methoxy groups -OCH3 is 1.